The number of hydrogen-bond donors (Lipinski definition) is 0. The van der Waals surface area contributed by atoms with Crippen LogP contribution >= 0.6 is 11.6 Å². The Kier molecular flexibility index (Phi) is 3.19. The fourth-order valence-corrected chi connectivity index (χ4v) is 3.93. The van der Waals surface area contributed by atoms with Crippen molar-refractivity contribution in [1.82, 2.24) is 0 Å². The number of fused-ring (bicyclic) bond motifs is 1. The first-order valence-corrected chi connectivity index (χ1v) is 8.18. The van der Waals surface area contributed by atoms with Crippen molar-refractivity contribution in [2.75, 3.05) is 6.61 Å². The van der Waals surface area contributed by atoms with Gasteiger partial charge in [0.25, 0.3) is 0 Å². The van der Waals surface area contributed by atoms with Gasteiger partial charge >= 0.3 is 0 Å². The minimum absolute atomic E-state index is 0.0483. The molecule has 0 aromatic heterocycles. The molecular formula is C19H19ClO. The van der Waals surface area contributed by atoms with Crippen molar-refractivity contribution in [3.05, 3.63) is 65.2 Å². The van der Waals surface area contributed by atoms with Gasteiger partial charge in [-0.2, -0.15) is 0 Å². The van der Waals surface area contributed by atoms with Crippen LogP contribution in [0.1, 0.15) is 41.3 Å². The van der Waals surface area contributed by atoms with E-state index in [0.29, 0.717) is 0 Å². The monoisotopic (exact) mass is 298 g/mol. The third-order valence-electron chi connectivity index (χ3n) is 4.85. The fraction of sp³-hybridized carbons (Fsp3) is 0.368. The fourth-order valence-electron chi connectivity index (χ4n) is 3.45. The summed E-state index contributed by atoms with van der Waals surface area (Å²) in [4.78, 5) is 0. The minimum atomic E-state index is 0.0483. The van der Waals surface area contributed by atoms with E-state index >= 15 is 0 Å². The SMILES string of the molecule is ClC(c1ccc2c(c1)CCCO2)C1(c2ccccc2)CC1. The average Bonchev–Trinajstić information content (AvgIpc) is 3.36. The molecular weight excluding hydrogens is 280 g/mol. The number of benzene rings is 2. The van der Waals surface area contributed by atoms with Crippen LogP contribution in [-0.4, -0.2) is 6.61 Å². The predicted octanol–water partition coefficient (Wildman–Crippen LogP) is 5.02. The number of alkyl halides is 1. The lowest BCUT2D eigenvalue weighted by Gasteiger charge is -2.25. The third-order valence-corrected chi connectivity index (χ3v) is 5.52. The summed E-state index contributed by atoms with van der Waals surface area (Å²) in [5, 5.41) is 0.0483. The highest BCUT2D eigenvalue weighted by Crippen LogP contribution is 2.59. The molecule has 0 spiro atoms. The molecule has 2 heteroatoms. The molecule has 2 aromatic rings. The molecule has 21 heavy (non-hydrogen) atoms. The van der Waals surface area contributed by atoms with E-state index in [-0.39, 0.29) is 10.8 Å². The van der Waals surface area contributed by atoms with Crippen molar-refractivity contribution in [3.63, 3.8) is 0 Å². The smallest absolute Gasteiger partial charge is 0.122 e. The van der Waals surface area contributed by atoms with Crippen LogP contribution in [0, 0.1) is 0 Å². The Morgan fingerprint density at radius 2 is 1.86 bits per heavy atom. The first-order chi connectivity index (χ1) is 10.3. The molecule has 4 rings (SSSR count). The second kappa shape index (κ2) is 5.06. The van der Waals surface area contributed by atoms with Gasteiger partial charge in [-0.05, 0) is 48.4 Å². The molecule has 1 aliphatic carbocycles. The topological polar surface area (TPSA) is 9.23 Å². The Labute approximate surface area is 130 Å². The van der Waals surface area contributed by atoms with E-state index in [4.69, 9.17) is 16.3 Å². The van der Waals surface area contributed by atoms with Gasteiger partial charge in [-0.3, -0.25) is 0 Å². The van der Waals surface area contributed by atoms with Crippen LogP contribution in [-0.2, 0) is 11.8 Å². The molecule has 0 bridgehead atoms. The average molecular weight is 299 g/mol. The van der Waals surface area contributed by atoms with Crippen LogP contribution in [0.2, 0.25) is 0 Å². The summed E-state index contributed by atoms with van der Waals surface area (Å²) in [6.07, 6.45) is 4.57. The predicted molar refractivity (Wildman–Crippen MR) is 86.2 cm³/mol. The van der Waals surface area contributed by atoms with Crippen LogP contribution in [0.25, 0.3) is 0 Å². The molecule has 1 fully saturated rings. The van der Waals surface area contributed by atoms with Crippen molar-refractivity contribution in [2.24, 2.45) is 0 Å². The Balaban J connectivity index is 1.67. The summed E-state index contributed by atoms with van der Waals surface area (Å²) in [7, 11) is 0. The minimum Gasteiger partial charge on any atom is -0.493 e. The zero-order valence-electron chi connectivity index (χ0n) is 12.0. The quantitative estimate of drug-likeness (QED) is 0.723. The van der Waals surface area contributed by atoms with Crippen molar-refractivity contribution in [1.29, 1.82) is 0 Å². The van der Waals surface area contributed by atoms with Crippen molar-refractivity contribution in [2.45, 2.75) is 36.5 Å². The maximum atomic E-state index is 6.90. The van der Waals surface area contributed by atoms with Crippen LogP contribution in [0.4, 0.5) is 0 Å². The molecule has 2 aromatic carbocycles. The Morgan fingerprint density at radius 3 is 2.62 bits per heavy atom. The summed E-state index contributed by atoms with van der Waals surface area (Å²) >= 11 is 6.90. The van der Waals surface area contributed by atoms with E-state index in [1.54, 1.807) is 0 Å². The third kappa shape index (κ3) is 2.24. The molecule has 0 saturated heterocycles. The largest absolute Gasteiger partial charge is 0.493 e. The number of rotatable bonds is 3. The molecule has 1 heterocycles. The van der Waals surface area contributed by atoms with Gasteiger partial charge in [-0.1, -0.05) is 42.5 Å². The molecule has 0 radical (unpaired) electrons. The maximum absolute atomic E-state index is 6.90. The Morgan fingerprint density at radius 1 is 1.05 bits per heavy atom. The van der Waals surface area contributed by atoms with Gasteiger partial charge in [0.2, 0.25) is 0 Å². The van der Waals surface area contributed by atoms with E-state index in [9.17, 15) is 0 Å². The molecule has 1 unspecified atom stereocenters. The van der Waals surface area contributed by atoms with Crippen LogP contribution in [0.3, 0.4) is 0 Å². The summed E-state index contributed by atoms with van der Waals surface area (Å²) < 4.78 is 5.70. The lowest BCUT2D eigenvalue weighted by atomic mass is 9.87. The molecule has 1 saturated carbocycles. The first kappa shape index (κ1) is 13.2. The van der Waals surface area contributed by atoms with Crippen LogP contribution < -0.4 is 4.74 Å². The zero-order chi connectivity index (χ0) is 14.3. The standard InChI is InChI=1S/C19H19ClO/c20-18(19(10-11-19)16-6-2-1-3-7-16)15-8-9-17-14(13-15)5-4-12-21-17/h1-3,6-9,13,18H,4-5,10-12H2. The lowest BCUT2D eigenvalue weighted by Crippen LogP contribution is -2.15. The zero-order valence-corrected chi connectivity index (χ0v) is 12.8. The normalized spacial score (nSPS) is 20.2. The summed E-state index contributed by atoms with van der Waals surface area (Å²) in [5.41, 5.74) is 4.06. The van der Waals surface area contributed by atoms with Gasteiger partial charge in [0.1, 0.15) is 5.75 Å². The lowest BCUT2D eigenvalue weighted by molar-refractivity contribution is 0.288. The van der Waals surface area contributed by atoms with Gasteiger partial charge in [0.15, 0.2) is 0 Å². The highest BCUT2D eigenvalue weighted by Gasteiger charge is 2.50. The summed E-state index contributed by atoms with van der Waals surface area (Å²) in [6.45, 7) is 0.838. The number of aryl methyl sites for hydroxylation is 1. The molecule has 2 aliphatic rings. The van der Waals surface area contributed by atoms with E-state index in [0.717, 1.165) is 25.2 Å². The van der Waals surface area contributed by atoms with Gasteiger partial charge in [-0.25, -0.2) is 0 Å². The molecule has 1 aliphatic heterocycles. The Hall–Kier alpha value is -1.47. The molecule has 0 amide bonds. The molecule has 108 valence electrons. The van der Waals surface area contributed by atoms with Crippen LogP contribution in [0.15, 0.2) is 48.5 Å². The van der Waals surface area contributed by atoms with Crippen molar-refractivity contribution in [3.8, 4) is 5.75 Å². The van der Waals surface area contributed by atoms with Gasteiger partial charge in [0, 0.05) is 5.41 Å². The van der Waals surface area contributed by atoms with Gasteiger partial charge < -0.3 is 4.74 Å². The van der Waals surface area contributed by atoms with Crippen LogP contribution in [0.5, 0.6) is 5.75 Å². The van der Waals surface area contributed by atoms with Crippen molar-refractivity contribution < 1.29 is 4.74 Å². The van der Waals surface area contributed by atoms with Gasteiger partial charge in [0.05, 0.1) is 12.0 Å². The second-order valence-electron chi connectivity index (χ2n) is 6.20. The summed E-state index contributed by atoms with van der Waals surface area (Å²) in [5.74, 6) is 1.04. The number of ether oxygens (including phenoxy) is 1. The summed E-state index contributed by atoms with van der Waals surface area (Å²) in [6, 6.07) is 17.2. The molecule has 0 N–H and O–H groups in total. The van der Waals surface area contributed by atoms with Crippen molar-refractivity contribution >= 4 is 11.6 Å². The van der Waals surface area contributed by atoms with E-state index in [1.165, 1.54) is 29.5 Å². The van der Waals surface area contributed by atoms with E-state index in [1.807, 2.05) is 0 Å². The number of hydrogen-bond acceptors (Lipinski definition) is 1. The highest BCUT2D eigenvalue weighted by molar-refractivity contribution is 6.22. The maximum Gasteiger partial charge on any atom is 0.122 e. The van der Waals surface area contributed by atoms with E-state index < -0.39 is 0 Å². The molecule has 1 atom stereocenters. The molecule has 1 nitrogen and oxygen atoms in total. The number of halogens is 1. The van der Waals surface area contributed by atoms with Gasteiger partial charge in [-0.15, -0.1) is 11.6 Å². The Bertz CT molecular complexity index is 646. The van der Waals surface area contributed by atoms with E-state index in [2.05, 4.69) is 48.5 Å². The highest BCUT2D eigenvalue weighted by atomic mass is 35.5. The second-order valence-corrected chi connectivity index (χ2v) is 6.64. The first-order valence-electron chi connectivity index (χ1n) is 7.75.